The lowest BCUT2D eigenvalue weighted by Gasteiger charge is -2.31. The molecule has 4 rings (SSSR count). The van der Waals surface area contributed by atoms with Crippen molar-refractivity contribution in [2.45, 2.75) is 24.7 Å². The molecule has 8 nitrogen and oxygen atoms in total. The number of thiazole rings is 1. The number of aromatic nitrogens is 1. The Morgan fingerprint density at radius 3 is 2.63 bits per heavy atom. The van der Waals surface area contributed by atoms with E-state index in [4.69, 9.17) is 0 Å². The van der Waals surface area contributed by atoms with Gasteiger partial charge in [0.25, 0.3) is 0 Å². The molecule has 158 valence electrons. The van der Waals surface area contributed by atoms with Crippen LogP contribution in [0.25, 0.3) is 10.2 Å². The maximum absolute atomic E-state index is 12.9. The molecule has 1 aromatic heterocycles. The van der Waals surface area contributed by atoms with Crippen LogP contribution in [-0.2, 0) is 14.8 Å². The van der Waals surface area contributed by atoms with Crippen LogP contribution in [0.4, 0.5) is 5.13 Å². The molecule has 0 spiro atoms. The number of anilines is 1. The Hall–Kier alpha value is -2.69. The summed E-state index contributed by atoms with van der Waals surface area (Å²) >= 11 is 1.17. The normalized spacial score (nSPS) is 17.8. The number of hydrogen-bond donors (Lipinski definition) is 3. The fourth-order valence-corrected chi connectivity index (χ4v) is 5.85. The van der Waals surface area contributed by atoms with Gasteiger partial charge in [-0.3, -0.25) is 4.79 Å². The number of rotatable bonds is 4. The van der Waals surface area contributed by atoms with Crippen molar-refractivity contribution in [3.63, 3.8) is 0 Å². The van der Waals surface area contributed by atoms with Crippen LogP contribution in [0, 0.1) is 12.8 Å². The van der Waals surface area contributed by atoms with Gasteiger partial charge in [0.2, 0.25) is 15.9 Å². The fourth-order valence-electron chi connectivity index (χ4n) is 3.45. The number of phenolic OH excluding ortho intramolecular Hbond substituents is 2. The summed E-state index contributed by atoms with van der Waals surface area (Å²) in [6, 6.07) is 9.38. The highest BCUT2D eigenvalue weighted by molar-refractivity contribution is 7.89. The van der Waals surface area contributed by atoms with Gasteiger partial charge in [-0.15, -0.1) is 0 Å². The Labute approximate surface area is 177 Å². The minimum Gasteiger partial charge on any atom is -0.504 e. The van der Waals surface area contributed by atoms with Gasteiger partial charge in [-0.05, 0) is 31.9 Å². The number of carbonyl (C=O) groups excluding carboxylic acids is 1. The molecule has 1 unspecified atom stereocenters. The van der Waals surface area contributed by atoms with Crippen molar-refractivity contribution in [1.82, 2.24) is 9.29 Å². The third kappa shape index (κ3) is 3.98. The second-order valence-electron chi connectivity index (χ2n) is 7.33. The number of fused-ring (bicyclic) bond motifs is 1. The van der Waals surface area contributed by atoms with Gasteiger partial charge in [-0.2, -0.15) is 4.31 Å². The number of nitrogens with one attached hydrogen (secondary N) is 1. The summed E-state index contributed by atoms with van der Waals surface area (Å²) in [4.78, 5) is 17.2. The van der Waals surface area contributed by atoms with Gasteiger partial charge < -0.3 is 15.5 Å². The van der Waals surface area contributed by atoms with Crippen LogP contribution in [-0.4, -0.2) is 46.9 Å². The second-order valence-corrected chi connectivity index (χ2v) is 10.3. The molecule has 10 heteroatoms. The predicted molar refractivity (Wildman–Crippen MR) is 114 cm³/mol. The fraction of sp³-hybridized carbons (Fsp3) is 0.300. The van der Waals surface area contributed by atoms with Crippen LogP contribution in [0.1, 0.15) is 18.4 Å². The molecule has 1 atom stereocenters. The number of amides is 1. The number of aromatic hydroxyl groups is 2. The first kappa shape index (κ1) is 20.6. The van der Waals surface area contributed by atoms with Crippen molar-refractivity contribution in [2.24, 2.45) is 5.92 Å². The monoisotopic (exact) mass is 447 g/mol. The van der Waals surface area contributed by atoms with E-state index in [2.05, 4.69) is 10.3 Å². The highest BCUT2D eigenvalue weighted by Gasteiger charge is 2.33. The number of piperidine rings is 1. The van der Waals surface area contributed by atoms with Gasteiger partial charge in [-0.25, -0.2) is 13.4 Å². The van der Waals surface area contributed by atoms with Crippen LogP contribution < -0.4 is 5.32 Å². The minimum absolute atomic E-state index is 0.106. The molecule has 3 N–H and O–H groups in total. The maximum atomic E-state index is 12.9. The van der Waals surface area contributed by atoms with Crippen molar-refractivity contribution in [3.05, 3.63) is 42.0 Å². The predicted octanol–water partition coefficient (Wildman–Crippen LogP) is 3.06. The van der Waals surface area contributed by atoms with Gasteiger partial charge >= 0.3 is 0 Å². The summed E-state index contributed by atoms with van der Waals surface area (Å²) < 4.78 is 27.9. The molecule has 2 heterocycles. The number of phenols is 2. The Balaban J connectivity index is 1.49. The van der Waals surface area contributed by atoms with Gasteiger partial charge in [-0.1, -0.05) is 29.0 Å². The van der Waals surface area contributed by atoms with E-state index >= 15 is 0 Å². The molecule has 0 bridgehead atoms. The molecule has 30 heavy (non-hydrogen) atoms. The average Bonchev–Trinajstić information content (AvgIpc) is 3.09. The van der Waals surface area contributed by atoms with E-state index in [-0.39, 0.29) is 28.8 Å². The Morgan fingerprint density at radius 2 is 1.90 bits per heavy atom. The number of nitrogens with zero attached hydrogens (tertiary/aromatic N) is 2. The smallest absolute Gasteiger partial charge is 0.243 e. The lowest BCUT2D eigenvalue weighted by atomic mass is 9.99. The first-order valence-electron chi connectivity index (χ1n) is 9.44. The van der Waals surface area contributed by atoms with E-state index in [9.17, 15) is 23.4 Å². The van der Waals surface area contributed by atoms with E-state index in [1.54, 1.807) is 24.3 Å². The van der Waals surface area contributed by atoms with Crippen molar-refractivity contribution < 1.29 is 23.4 Å². The van der Waals surface area contributed by atoms with Crippen LogP contribution in [0.15, 0.2) is 41.3 Å². The molecule has 1 fully saturated rings. The molecular formula is C20H21N3O5S2. The van der Waals surface area contributed by atoms with Crippen molar-refractivity contribution in [3.8, 4) is 11.5 Å². The van der Waals surface area contributed by atoms with Gasteiger partial charge in [0.1, 0.15) is 0 Å². The van der Waals surface area contributed by atoms with Crippen LogP contribution in [0.3, 0.4) is 0 Å². The highest BCUT2D eigenvalue weighted by Crippen LogP contribution is 2.35. The SMILES string of the molecule is Cc1ccc(S(=O)(=O)N2CCCC(C(=O)Nc3nc4cc(O)c(O)cc4s3)C2)cc1. The zero-order valence-electron chi connectivity index (χ0n) is 16.2. The van der Waals surface area contributed by atoms with E-state index in [0.717, 1.165) is 5.56 Å². The van der Waals surface area contributed by atoms with E-state index in [0.29, 0.717) is 34.7 Å². The summed E-state index contributed by atoms with van der Waals surface area (Å²) in [7, 11) is -3.66. The van der Waals surface area contributed by atoms with E-state index in [1.165, 1.54) is 27.8 Å². The summed E-state index contributed by atoms with van der Waals surface area (Å²) in [5.74, 6) is -1.33. The summed E-state index contributed by atoms with van der Waals surface area (Å²) in [6.07, 6.45) is 1.17. The van der Waals surface area contributed by atoms with Crippen molar-refractivity contribution in [1.29, 1.82) is 0 Å². The first-order chi connectivity index (χ1) is 14.2. The van der Waals surface area contributed by atoms with Gasteiger partial charge in [0.15, 0.2) is 16.6 Å². The zero-order chi connectivity index (χ0) is 21.5. The molecule has 1 amide bonds. The molecular weight excluding hydrogens is 426 g/mol. The van der Waals surface area contributed by atoms with E-state index < -0.39 is 15.9 Å². The number of hydrogen-bond acceptors (Lipinski definition) is 7. The van der Waals surface area contributed by atoms with Crippen LogP contribution in [0.5, 0.6) is 11.5 Å². The summed E-state index contributed by atoms with van der Waals surface area (Å²) in [5.41, 5.74) is 1.43. The average molecular weight is 448 g/mol. The molecule has 2 aromatic carbocycles. The zero-order valence-corrected chi connectivity index (χ0v) is 17.8. The lowest BCUT2D eigenvalue weighted by molar-refractivity contribution is -0.120. The van der Waals surface area contributed by atoms with Gasteiger partial charge in [0, 0.05) is 25.2 Å². The molecule has 1 aliphatic rings. The number of carbonyl (C=O) groups is 1. The standard InChI is InChI=1S/C20H21N3O5S2/c1-12-4-6-14(7-5-12)30(27,28)23-8-2-3-13(11-23)19(26)22-20-21-15-9-16(24)17(25)10-18(15)29-20/h4-7,9-10,13,24-25H,2-3,8,11H2,1H3,(H,21,22,26). The Kier molecular flexibility index (Phi) is 5.39. The minimum atomic E-state index is -3.66. The molecule has 1 saturated heterocycles. The largest absolute Gasteiger partial charge is 0.504 e. The van der Waals surface area contributed by atoms with Crippen LogP contribution in [0.2, 0.25) is 0 Å². The summed E-state index contributed by atoms with van der Waals surface area (Å²) in [6.45, 7) is 2.37. The lowest BCUT2D eigenvalue weighted by Crippen LogP contribution is -2.43. The molecule has 3 aromatic rings. The Morgan fingerprint density at radius 1 is 1.20 bits per heavy atom. The molecule has 0 aliphatic carbocycles. The third-order valence-electron chi connectivity index (χ3n) is 5.13. The maximum Gasteiger partial charge on any atom is 0.243 e. The third-order valence-corrected chi connectivity index (χ3v) is 7.94. The first-order valence-corrected chi connectivity index (χ1v) is 11.7. The Bertz CT molecular complexity index is 1170. The van der Waals surface area contributed by atoms with Crippen molar-refractivity contribution in [2.75, 3.05) is 18.4 Å². The number of sulfonamides is 1. The van der Waals surface area contributed by atoms with Gasteiger partial charge in [0.05, 0.1) is 21.0 Å². The highest BCUT2D eigenvalue weighted by atomic mass is 32.2. The van der Waals surface area contributed by atoms with Crippen LogP contribution >= 0.6 is 11.3 Å². The summed E-state index contributed by atoms with van der Waals surface area (Å²) in [5, 5.41) is 22.3. The molecule has 0 radical (unpaired) electrons. The van der Waals surface area contributed by atoms with Crippen molar-refractivity contribution >= 4 is 42.6 Å². The topological polar surface area (TPSA) is 120 Å². The van der Waals surface area contributed by atoms with E-state index in [1.807, 2.05) is 6.92 Å². The number of benzene rings is 2. The molecule has 1 aliphatic heterocycles. The number of aryl methyl sites for hydroxylation is 1. The quantitative estimate of drug-likeness (QED) is 0.529. The molecule has 0 saturated carbocycles. The second kappa shape index (κ2) is 7.86.